The van der Waals surface area contributed by atoms with Gasteiger partial charge in [0.2, 0.25) is 0 Å². The second kappa shape index (κ2) is 32.9. The first kappa shape index (κ1) is 62.7. The molecule has 0 amide bonds. The fraction of sp³-hybridized carbons (Fsp3) is 1.00. The molecule has 0 fully saturated rings. The summed E-state index contributed by atoms with van der Waals surface area (Å²) in [6, 6.07) is 2.36. The maximum Gasteiger partial charge on any atom is 2.00 e. The van der Waals surface area contributed by atoms with Gasteiger partial charge in [0, 0.05) is 24.2 Å². The minimum Gasteiger partial charge on any atom is -1.00 e. The van der Waals surface area contributed by atoms with Crippen LogP contribution in [0.2, 0.25) is 0 Å². The summed E-state index contributed by atoms with van der Waals surface area (Å²) in [6.45, 7) is 31.9. The standard InChI is InChI=1S/C15H35N3.C15H33N3.4ClH.2Cu/c2*1-12(2)18(13(3)4)10-8-15(5,6)14(11-17)7-9-16;;;;;;/h12-14H,7-11,16-17H2,1-6H3;12-14,16-17H,7-11H2,1-6H3;4*1H;;/q;-2;;;;;2*+2/p-4. The summed E-state index contributed by atoms with van der Waals surface area (Å²) in [5, 5.41) is 0. The Morgan fingerprint density at radius 1 is 0.571 bits per heavy atom. The van der Waals surface area contributed by atoms with Crippen molar-refractivity contribution >= 4 is 0 Å². The normalized spacial score (nSPS) is 12.7. The van der Waals surface area contributed by atoms with E-state index < -0.39 is 0 Å². The van der Waals surface area contributed by atoms with Crippen molar-refractivity contribution in [2.45, 2.75) is 133 Å². The number of halogens is 4. The molecule has 0 saturated carbocycles. The molecule has 0 aromatic carbocycles. The maximum atomic E-state index is 7.68. The van der Waals surface area contributed by atoms with Crippen molar-refractivity contribution in [3.8, 4) is 0 Å². The minimum absolute atomic E-state index is 0. The van der Waals surface area contributed by atoms with Crippen molar-refractivity contribution in [2.75, 3.05) is 39.3 Å². The number of hydrogen-bond acceptors (Lipinski definition) is 4. The van der Waals surface area contributed by atoms with Gasteiger partial charge in [0.25, 0.3) is 0 Å². The first-order valence-electron chi connectivity index (χ1n) is 14.7. The molecule has 270 valence electrons. The zero-order chi connectivity index (χ0) is 28.7. The first-order valence-corrected chi connectivity index (χ1v) is 14.7. The first-order chi connectivity index (χ1) is 16.5. The van der Waals surface area contributed by atoms with Crippen LogP contribution in [-0.2, 0) is 34.1 Å². The quantitative estimate of drug-likeness (QED) is 0.136. The summed E-state index contributed by atoms with van der Waals surface area (Å²) in [5.74, 6) is 0.889. The van der Waals surface area contributed by atoms with Gasteiger partial charge in [0.05, 0.1) is 0 Å². The largest absolute Gasteiger partial charge is 2.00 e. The van der Waals surface area contributed by atoms with Crippen molar-refractivity contribution in [3.05, 3.63) is 11.5 Å². The zero-order valence-electron chi connectivity index (χ0n) is 28.7. The fourth-order valence-corrected chi connectivity index (χ4v) is 5.44. The fourth-order valence-electron chi connectivity index (χ4n) is 5.44. The van der Waals surface area contributed by atoms with E-state index in [0.717, 1.165) is 45.4 Å². The average molecular weight is 782 g/mol. The molecule has 2 radical (unpaired) electrons. The number of hydrogen-bond donors (Lipinski definition) is 2. The summed E-state index contributed by atoms with van der Waals surface area (Å²) in [5.41, 5.74) is 27.1. The Morgan fingerprint density at radius 3 is 1.10 bits per heavy atom. The summed E-state index contributed by atoms with van der Waals surface area (Å²) in [6.07, 6.45) is 4.20. The monoisotopic (exact) mass is 778 g/mol. The Bertz CT molecular complexity index is 484. The molecule has 2 atom stereocenters. The van der Waals surface area contributed by atoms with Crippen LogP contribution in [0, 0.1) is 22.7 Å². The molecule has 6 N–H and O–H groups in total. The molecule has 12 heteroatoms. The molecule has 0 aromatic rings. The second-order valence-electron chi connectivity index (χ2n) is 13.3. The molecule has 42 heavy (non-hydrogen) atoms. The molecule has 0 bridgehead atoms. The van der Waals surface area contributed by atoms with E-state index in [1.165, 1.54) is 6.42 Å². The van der Waals surface area contributed by atoms with E-state index in [9.17, 15) is 0 Å². The van der Waals surface area contributed by atoms with Gasteiger partial charge < -0.3 is 72.6 Å². The Hall–Kier alpha value is 1.96. The Morgan fingerprint density at radius 2 is 0.881 bits per heavy atom. The third-order valence-corrected chi connectivity index (χ3v) is 8.43. The molecule has 0 rings (SSSR count). The van der Waals surface area contributed by atoms with E-state index in [4.69, 9.17) is 22.9 Å². The molecule has 0 spiro atoms. The predicted octanol–water partition coefficient (Wildman–Crippen LogP) is -4.91. The van der Waals surface area contributed by atoms with E-state index in [0.29, 0.717) is 49.1 Å². The summed E-state index contributed by atoms with van der Waals surface area (Å²) in [7, 11) is 0. The van der Waals surface area contributed by atoms with Gasteiger partial charge in [0.1, 0.15) is 0 Å². The van der Waals surface area contributed by atoms with Crippen molar-refractivity contribution in [1.29, 1.82) is 0 Å². The van der Waals surface area contributed by atoms with Crippen LogP contribution in [0.1, 0.15) is 109 Å². The van der Waals surface area contributed by atoms with Gasteiger partial charge in [-0.05, 0) is 118 Å². The van der Waals surface area contributed by atoms with Gasteiger partial charge in [-0.15, -0.1) is 6.54 Å². The van der Waals surface area contributed by atoms with Crippen LogP contribution in [0.25, 0.3) is 11.5 Å². The second-order valence-corrected chi connectivity index (χ2v) is 13.3. The molecular formula is C30H68Cl4Cu2N6-2. The van der Waals surface area contributed by atoms with Gasteiger partial charge >= 0.3 is 34.1 Å². The zero-order valence-corrected chi connectivity index (χ0v) is 33.6. The van der Waals surface area contributed by atoms with Gasteiger partial charge in [0.15, 0.2) is 0 Å². The molecule has 0 aliphatic carbocycles. The summed E-state index contributed by atoms with van der Waals surface area (Å²) < 4.78 is 0. The van der Waals surface area contributed by atoms with Crippen molar-refractivity contribution in [2.24, 2.45) is 34.1 Å². The Kier molecular flexibility index (Phi) is 49.1. The summed E-state index contributed by atoms with van der Waals surface area (Å²) >= 11 is 0. The van der Waals surface area contributed by atoms with Crippen LogP contribution in [0.15, 0.2) is 0 Å². The van der Waals surface area contributed by atoms with E-state index >= 15 is 0 Å². The number of nitrogens with zero attached hydrogens (tertiary/aromatic N) is 2. The molecule has 0 heterocycles. The van der Waals surface area contributed by atoms with Crippen LogP contribution in [0.5, 0.6) is 0 Å². The Balaban J connectivity index is -0.0000000803. The minimum atomic E-state index is 0. The van der Waals surface area contributed by atoms with Gasteiger partial charge in [-0.1, -0.05) is 40.0 Å². The SMILES string of the molecule is CC(C)N(CCC(C)(C)C(CN)CCN)C(C)C.CC(C)N(CCC(C)(C)C(C[NH-])CC[NH-])C(C)C.[Cl-].[Cl-].[Cl-].[Cl-].[Cu+2].[Cu+2]. The smallest absolute Gasteiger partial charge is 1.00 e. The van der Waals surface area contributed by atoms with E-state index in [-0.39, 0.29) is 94.6 Å². The molecule has 0 aromatic heterocycles. The molecule has 2 unspecified atom stereocenters. The Labute approximate surface area is 309 Å². The average Bonchev–Trinajstić information content (AvgIpc) is 2.74. The molecule has 6 nitrogen and oxygen atoms in total. The van der Waals surface area contributed by atoms with Crippen LogP contribution >= 0.6 is 0 Å². The molecule has 0 saturated heterocycles. The predicted molar refractivity (Wildman–Crippen MR) is 163 cm³/mol. The number of nitrogens with one attached hydrogen (secondary N) is 2. The van der Waals surface area contributed by atoms with Crippen LogP contribution in [0.4, 0.5) is 0 Å². The van der Waals surface area contributed by atoms with E-state index in [1.807, 2.05) is 0 Å². The molecule has 0 aliphatic heterocycles. The van der Waals surface area contributed by atoms with E-state index in [1.54, 1.807) is 0 Å². The van der Waals surface area contributed by atoms with E-state index in [2.05, 4.69) is 92.9 Å². The summed E-state index contributed by atoms with van der Waals surface area (Å²) in [4.78, 5) is 5.07. The third-order valence-electron chi connectivity index (χ3n) is 8.43. The van der Waals surface area contributed by atoms with Crippen molar-refractivity contribution in [1.82, 2.24) is 9.80 Å². The number of rotatable bonds is 18. The molecular weight excluding hydrogens is 713 g/mol. The van der Waals surface area contributed by atoms with Gasteiger partial charge in [-0.3, -0.25) is 9.80 Å². The number of nitrogens with two attached hydrogens (primary N) is 2. The van der Waals surface area contributed by atoms with Gasteiger partial charge in [-0.2, -0.15) is 6.54 Å². The van der Waals surface area contributed by atoms with Crippen LogP contribution < -0.4 is 61.1 Å². The third kappa shape index (κ3) is 26.1. The van der Waals surface area contributed by atoms with Crippen molar-refractivity contribution in [3.63, 3.8) is 0 Å². The molecule has 0 aliphatic rings. The van der Waals surface area contributed by atoms with Gasteiger partial charge in [-0.25, -0.2) is 0 Å². The topological polar surface area (TPSA) is 106 Å². The van der Waals surface area contributed by atoms with Crippen LogP contribution in [0.3, 0.4) is 0 Å². The maximum absolute atomic E-state index is 7.68. The van der Waals surface area contributed by atoms with Crippen molar-refractivity contribution < 1.29 is 83.8 Å². The van der Waals surface area contributed by atoms with Crippen LogP contribution in [-0.4, -0.2) is 73.2 Å².